The molecule has 124 valence electrons. The summed E-state index contributed by atoms with van der Waals surface area (Å²) in [5.41, 5.74) is 1.29. The fraction of sp³-hybridized carbons (Fsp3) is 0.333. The lowest BCUT2D eigenvalue weighted by Crippen LogP contribution is -2.33. The van der Waals surface area contributed by atoms with E-state index in [2.05, 4.69) is 9.97 Å². The highest BCUT2D eigenvalue weighted by atomic mass is 32.2. The number of nitrogens with one attached hydrogen (secondary N) is 2. The minimum absolute atomic E-state index is 0.0579. The maximum Gasteiger partial charge on any atom is 0.285 e. The number of hydrogen-bond donors (Lipinski definition) is 2. The molecule has 0 aliphatic heterocycles. The molecular formula is C15H19N3O4S. The number of aromatic amines is 1. The zero-order valence-electron chi connectivity index (χ0n) is 13.2. The van der Waals surface area contributed by atoms with Gasteiger partial charge in [0.2, 0.25) is 10.0 Å². The summed E-state index contributed by atoms with van der Waals surface area (Å²) >= 11 is 0. The normalized spacial score (nSPS) is 11.3. The summed E-state index contributed by atoms with van der Waals surface area (Å²) in [6.07, 6.45) is 0.428. The van der Waals surface area contributed by atoms with Crippen LogP contribution in [0, 0.1) is 6.92 Å². The number of sulfonamides is 1. The summed E-state index contributed by atoms with van der Waals surface area (Å²) in [4.78, 5) is 19.3. The van der Waals surface area contributed by atoms with Crippen LogP contribution >= 0.6 is 0 Å². The van der Waals surface area contributed by atoms with E-state index < -0.39 is 15.9 Å². The van der Waals surface area contributed by atoms with Crippen molar-refractivity contribution in [2.24, 2.45) is 0 Å². The smallest absolute Gasteiger partial charge is 0.285 e. The number of aromatic nitrogens is 2. The lowest BCUT2D eigenvalue weighted by molar-refractivity contribution is 0.0976. The largest absolute Gasteiger partial charge is 0.497 e. The predicted octanol–water partition coefficient (Wildman–Crippen LogP) is 1.86. The van der Waals surface area contributed by atoms with Crippen LogP contribution in [-0.4, -0.2) is 37.2 Å². The highest BCUT2D eigenvalue weighted by molar-refractivity contribution is 7.90. The summed E-state index contributed by atoms with van der Waals surface area (Å²) in [6, 6.07) is 7.19. The molecular weight excluding hydrogens is 318 g/mol. The van der Waals surface area contributed by atoms with E-state index in [4.69, 9.17) is 4.74 Å². The van der Waals surface area contributed by atoms with Gasteiger partial charge >= 0.3 is 0 Å². The van der Waals surface area contributed by atoms with Gasteiger partial charge in [0.25, 0.3) is 5.91 Å². The highest BCUT2D eigenvalue weighted by Gasteiger charge is 2.20. The van der Waals surface area contributed by atoms with Gasteiger partial charge in [-0.1, -0.05) is 19.1 Å². The van der Waals surface area contributed by atoms with Gasteiger partial charge in [-0.2, -0.15) is 0 Å². The van der Waals surface area contributed by atoms with Gasteiger partial charge in [-0.3, -0.25) is 4.79 Å². The molecule has 2 N–H and O–H groups in total. The number of benzene rings is 1. The lowest BCUT2D eigenvalue weighted by Gasteiger charge is -2.04. The third kappa shape index (κ3) is 4.10. The summed E-state index contributed by atoms with van der Waals surface area (Å²) in [7, 11) is -2.08. The molecule has 0 fully saturated rings. The number of ether oxygens (including phenoxy) is 1. The van der Waals surface area contributed by atoms with Gasteiger partial charge in [0.15, 0.2) is 5.69 Å². The van der Waals surface area contributed by atoms with Crippen molar-refractivity contribution in [2.45, 2.75) is 20.3 Å². The van der Waals surface area contributed by atoms with Gasteiger partial charge in [0.05, 0.1) is 12.9 Å². The number of amides is 1. The van der Waals surface area contributed by atoms with Crippen molar-refractivity contribution in [1.82, 2.24) is 14.7 Å². The minimum atomic E-state index is -3.64. The molecule has 2 aromatic rings. The Hall–Kier alpha value is -2.35. The summed E-state index contributed by atoms with van der Waals surface area (Å²) in [6.45, 7) is 3.39. The maximum absolute atomic E-state index is 12.1. The Bertz CT molecular complexity index is 812. The number of aryl methyl sites for hydroxylation is 1. The first-order chi connectivity index (χ1) is 10.9. The summed E-state index contributed by atoms with van der Waals surface area (Å²) in [5.74, 6) is 0.291. The number of nitrogens with zero attached hydrogens (tertiary/aromatic N) is 1. The fourth-order valence-corrected chi connectivity index (χ4v) is 3.12. The summed E-state index contributed by atoms with van der Waals surface area (Å²) < 4.78 is 30.6. The van der Waals surface area contributed by atoms with E-state index >= 15 is 0 Å². The van der Waals surface area contributed by atoms with Crippen molar-refractivity contribution >= 4 is 15.9 Å². The Labute approximate surface area is 135 Å². The summed E-state index contributed by atoms with van der Waals surface area (Å²) in [5, 5.41) is 0. The molecule has 1 heterocycles. The van der Waals surface area contributed by atoms with Gasteiger partial charge < -0.3 is 9.72 Å². The average molecular weight is 337 g/mol. The molecule has 0 saturated heterocycles. The molecule has 0 bridgehead atoms. The van der Waals surface area contributed by atoms with Crippen LogP contribution in [0.1, 0.15) is 29.5 Å². The Kier molecular flexibility index (Phi) is 5.05. The molecule has 0 saturated carbocycles. The second kappa shape index (κ2) is 6.82. The third-order valence-corrected chi connectivity index (χ3v) is 4.61. The first kappa shape index (κ1) is 17.0. The monoisotopic (exact) mass is 337 g/mol. The second-order valence-electron chi connectivity index (χ2n) is 5.04. The van der Waals surface area contributed by atoms with Crippen molar-refractivity contribution in [3.63, 3.8) is 0 Å². The van der Waals surface area contributed by atoms with E-state index in [-0.39, 0.29) is 11.4 Å². The van der Waals surface area contributed by atoms with Gasteiger partial charge in [-0.25, -0.2) is 18.1 Å². The van der Waals surface area contributed by atoms with Crippen LogP contribution in [0.15, 0.2) is 24.3 Å². The molecule has 23 heavy (non-hydrogen) atoms. The number of carbonyl (C=O) groups excluding carboxylic acids is 1. The first-order valence-electron chi connectivity index (χ1n) is 7.12. The third-order valence-electron chi connectivity index (χ3n) is 3.16. The topological polar surface area (TPSA) is 101 Å². The number of carbonyl (C=O) groups is 1. The molecule has 1 amide bonds. The second-order valence-corrected chi connectivity index (χ2v) is 6.88. The quantitative estimate of drug-likeness (QED) is 0.838. The van der Waals surface area contributed by atoms with Crippen molar-refractivity contribution < 1.29 is 17.9 Å². The van der Waals surface area contributed by atoms with E-state index in [0.29, 0.717) is 23.7 Å². The molecule has 1 aromatic carbocycles. The molecule has 2 rings (SSSR count). The number of hydrogen-bond acceptors (Lipinski definition) is 5. The van der Waals surface area contributed by atoms with Crippen LogP contribution in [0.4, 0.5) is 0 Å². The molecule has 7 nitrogen and oxygen atoms in total. The first-order valence-corrected chi connectivity index (χ1v) is 8.77. The average Bonchev–Trinajstić information content (AvgIpc) is 2.89. The van der Waals surface area contributed by atoms with Crippen molar-refractivity contribution in [1.29, 1.82) is 0 Å². The Balaban J connectivity index is 2.29. The number of rotatable bonds is 6. The number of imidazole rings is 1. The van der Waals surface area contributed by atoms with Crippen molar-refractivity contribution in [2.75, 3.05) is 12.9 Å². The molecule has 1 aromatic heterocycles. The number of methoxy groups -OCH3 is 1. The van der Waals surface area contributed by atoms with Gasteiger partial charge in [0.1, 0.15) is 11.6 Å². The van der Waals surface area contributed by atoms with Crippen molar-refractivity contribution in [3.05, 3.63) is 35.7 Å². The molecule has 0 aliphatic carbocycles. The van der Waals surface area contributed by atoms with Gasteiger partial charge in [0, 0.05) is 11.3 Å². The van der Waals surface area contributed by atoms with Crippen LogP contribution in [0.3, 0.4) is 0 Å². The molecule has 0 radical (unpaired) electrons. The Morgan fingerprint density at radius 3 is 2.78 bits per heavy atom. The number of H-pyrrole nitrogens is 1. The van der Waals surface area contributed by atoms with Crippen LogP contribution in [0.25, 0.3) is 11.4 Å². The van der Waals surface area contributed by atoms with E-state index in [0.717, 1.165) is 5.56 Å². The Morgan fingerprint density at radius 1 is 1.39 bits per heavy atom. The van der Waals surface area contributed by atoms with Crippen LogP contribution in [0.2, 0.25) is 0 Å². The van der Waals surface area contributed by atoms with Gasteiger partial charge in [-0.05, 0) is 25.5 Å². The minimum Gasteiger partial charge on any atom is -0.497 e. The van der Waals surface area contributed by atoms with Crippen molar-refractivity contribution in [3.8, 4) is 17.1 Å². The van der Waals surface area contributed by atoms with Gasteiger partial charge in [-0.15, -0.1) is 0 Å². The van der Waals surface area contributed by atoms with E-state index in [9.17, 15) is 13.2 Å². The molecule has 0 unspecified atom stereocenters. The van der Waals surface area contributed by atoms with E-state index in [1.807, 2.05) is 10.8 Å². The van der Waals surface area contributed by atoms with Crippen LogP contribution in [-0.2, 0) is 10.0 Å². The molecule has 0 aliphatic rings. The highest BCUT2D eigenvalue weighted by Crippen LogP contribution is 2.22. The fourth-order valence-electron chi connectivity index (χ4n) is 2.10. The zero-order chi connectivity index (χ0) is 17.0. The zero-order valence-corrected chi connectivity index (χ0v) is 14.0. The van der Waals surface area contributed by atoms with E-state index in [1.165, 1.54) is 0 Å². The lowest BCUT2D eigenvalue weighted by atomic mass is 10.2. The van der Waals surface area contributed by atoms with Crippen LogP contribution < -0.4 is 9.46 Å². The van der Waals surface area contributed by atoms with E-state index in [1.54, 1.807) is 39.2 Å². The molecule has 0 spiro atoms. The SMILES string of the molecule is CCCS(=O)(=O)NC(=O)c1nc(-c2cccc(OC)c2)[nH]c1C. The predicted molar refractivity (Wildman–Crippen MR) is 86.9 cm³/mol. The standard InChI is InChI=1S/C15H19N3O4S/c1-4-8-23(20,21)18-15(19)13-10(2)16-14(17-13)11-6-5-7-12(9-11)22-3/h5-7,9H,4,8H2,1-3H3,(H,16,17)(H,18,19). The Morgan fingerprint density at radius 2 is 2.13 bits per heavy atom. The maximum atomic E-state index is 12.1. The molecule has 0 atom stereocenters. The molecule has 8 heteroatoms. The van der Waals surface area contributed by atoms with Crippen LogP contribution in [0.5, 0.6) is 5.75 Å².